The molecule has 1 aliphatic rings. The van der Waals surface area contributed by atoms with E-state index in [0.29, 0.717) is 18.4 Å². The molecule has 0 aromatic heterocycles. The average Bonchev–Trinajstić information content (AvgIpc) is 3.17. The average molecular weight is 246 g/mol. The van der Waals surface area contributed by atoms with E-state index >= 15 is 0 Å². The number of rotatable bonds is 6. The lowest BCUT2D eigenvalue weighted by Gasteiger charge is -2.21. The largest absolute Gasteiger partial charge is 0.399 e. The number of carbonyl (C=O) groups excluding carboxylic acids is 1. The molecule has 0 saturated heterocycles. The van der Waals surface area contributed by atoms with Crippen LogP contribution in [0.2, 0.25) is 0 Å². The molecule has 0 radical (unpaired) electrons. The number of anilines is 1. The van der Waals surface area contributed by atoms with Gasteiger partial charge in [-0.3, -0.25) is 4.79 Å². The highest BCUT2D eigenvalue weighted by Gasteiger charge is 2.31. The SMILES string of the molecule is CCCN(C(=O)CCc1cccc(N)c1)C1CC1. The first kappa shape index (κ1) is 12.9. The molecular weight excluding hydrogens is 224 g/mol. The normalized spacial score (nSPS) is 14.5. The van der Waals surface area contributed by atoms with Gasteiger partial charge in [0.1, 0.15) is 0 Å². The highest BCUT2D eigenvalue weighted by molar-refractivity contribution is 5.77. The Kier molecular flexibility index (Phi) is 4.24. The zero-order valence-corrected chi connectivity index (χ0v) is 11.1. The van der Waals surface area contributed by atoms with Crippen molar-refractivity contribution in [2.24, 2.45) is 0 Å². The van der Waals surface area contributed by atoms with Crippen LogP contribution in [-0.2, 0) is 11.2 Å². The predicted octanol–water partition coefficient (Wildman–Crippen LogP) is 2.60. The number of nitrogens with zero attached hydrogens (tertiary/aromatic N) is 1. The molecule has 1 aliphatic carbocycles. The molecule has 1 fully saturated rings. The molecule has 1 aromatic rings. The van der Waals surface area contributed by atoms with Crippen molar-refractivity contribution in [3.05, 3.63) is 29.8 Å². The summed E-state index contributed by atoms with van der Waals surface area (Å²) in [5.74, 6) is 0.293. The van der Waals surface area contributed by atoms with Crippen molar-refractivity contribution in [2.45, 2.75) is 45.1 Å². The van der Waals surface area contributed by atoms with Crippen molar-refractivity contribution >= 4 is 11.6 Å². The zero-order valence-electron chi connectivity index (χ0n) is 11.1. The first-order valence-electron chi connectivity index (χ1n) is 6.84. The monoisotopic (exact) mass is 246 g/mol. The highest BCUT2D eigenvalue weighted by Crippen LogP contribution is 2.27. The van der Waals surface area contributed by atoms with E-state index in [1.54, 1.807) is 0 Å². The maximum absolute atomic E-state index is 12.2. The fourth-order valence-electron chi connectivity index (χ4n) is 2.28. The van der Waals surface area contributed by atoms with E-state index in [2.05, 4.69) is 11.8 Å². The first-order valence-corrected chi connectivity index (χ1v) is 6.84. The molecule has 1 amide bonds. The molecule has 2 N–H and O–H groups in total. The highest BCUT2D eigenvalue weighted by atomic mass is 16.2. The van der Waals surface area contributed by atoms with Gasteiger partial charge in [-0.15, -0.1) is 0 Å². The fourth-order valence-corrected chi connectivity index (χ4v) is 2.28. The minimum Gasteiger partial charge on any atom is -0.399 e. The number of carbonyl (C=O) groups is 1. The van der Waals surface area contributed by atoms with Crippen LogP contribution >= 0.6 is 0 Å². The number of hydrogen-bond donors (Lipinski definition) is 1. The van der Waals surface area contributed by atoms with Gasteiger partial charge < -0.3 is 10.6 Å². The van der Waals surface area contributed by atoms with E-state index in [1.807, 2.05) is 24.3 Å². The van der Waals surface area contributed by atoms with Gasteiger partial charge in [0.25, 0.3) is 0 Å². The maximum atomic E-state index is 12.2. The smallest absolute Gasteiger partial charge is 0.223 e. The second-order valence-electron chi connectivity index (χ2n) is 5.06. The van der Waals surface area contributed by atoms with Gasteiger partial charge in [-0.05, 0) is 43.4 Å². The van der Waals surface area contributed by atoms with Gasteiger partial charge in [0.15, 0.2) is 0 Å². The molecular formula is C15H22N2O. The van der Waals surface area contributed by atoms with Crippen molar-refractivity contribution in [1.82, 2.24) is 4.90 Å². The maximum Gasteiger partial charge on any atom is 0.223 e. The van der Waals surface area contributed by atoms with Gasteiger partial charge >= 0.3 is 0 Å². The third-order valence-corrected chi connectivity index (χ3v) is 3.35. The topological polar surface area (TPSA) is 46.3 Å². The van der Waals surface area contributed by atoms with Crippen LogP contribution in [0.1, 0.15) is 38.2 Å². The number of amides is 1. The van der Waals surface area contributed by atoms with E-state index in [-0.39, 0.29) is 0 Å². The molecule has 0 atom stereocenters. The van der Waals surface area contributed by atoms with Crippen LogP contribution in [0.15, 0.2) is 24.3 Å². The number of aryl methyl sites for hydroxylation is 1. The third-order valence-electron chi connectivity index (χ3n) is 3.35. The Morgan fingerprint density at radius 3 is 2.83 bits per heavy atom. The third kappa shape index (κ3) is 3.49. The quantitative estimate of drug-likeness (QED) is 0.784. The molecule has 2 rings (SSSR count). The molecule has 3 nitrogen and oxygen atoms in total. The Morgan fingerprint density at radius 2 is 2.22 bits per heavy atom. The first-order chi connectivity index (χ1) is 8.70. The second-order valence-corrected chi connectivity index (χ2v) is 5.06. The summed E-state index contributed by atoms with van der Waals surface area (Å²) >= 11 is 0. The van der Waals surface area contributed by atoms with Crippen LogP contribution in [-0.4, -0.2) is 23.4 Å². The van der Waals surface area contributed by atoms with Crippen molar-refractivity contribution in [2.75, 3.05) is 12.3 Å². The number of hydrogen-bond acceptors (Lipinski definition) is 2. The van der Waals surface area contributed by atoms with Crippen LogP contribution in [0, 0.1) is 0 Å². The molecule has 0 aliphatic heterocycles. The van der Waals surface area contributed by atoms with Crippen LogP contribution in [0.4, 0.5) is 5.69 Å². The summed E-state index contributed by atoms with van der Waals surface area (Å²) in [6.07, 6.45) is 4.80. The van der Waals surface area contributed by atoms with Gasteiger partial charge in [0.05, 0.1) is 0 Å². The van der Waals surface area contributed by atoms with Crippen molar-refractivity contribution in [3.63, 3.8) is 0 Å². The number of nitrogens with two attached hydrogens (primary N) is 1. The summed E-state index contributed by atoms with van der Waals surface area (Å²) in [6, 6.07) is 8.33. The minimum atomic E-state index is 0.293. The standard InChI is InChI=1S/C15H22N2O/c1-2-10-17(14-7-8-14)15(18)9-6-12-4-3-5-13(16)11-12/h3-5,11,14H,2,6-10,16H2,1H3. The summed E-state index contributed by atoms with van der Waals surface area (Å²) in [7, 11) is 0. The Balaban J connectivity index is 1.86. The van der Waals surface area contributed by atoms with E-state index in [0.717, 1.165) is 30.6 Å². The van der Waals surface area contributed by atoms with E-state index in [9.17, 15) is 4.79 Å². The van der Waals surface area contributed by atoms with Gasteiger partial charge in [0, 0.05) is 24.7 Å². The Labute approximate surface area is 109 Å². The molecule has 0 heterocycles. The summed E-state index contributed by atoms with van der Waals surface area (Å²) in [4.78, 5) is 14.2. The Hall–Kier alpha value is -1.51. The molecule has 0 spiro atoms. The van der Waals surface area contributed by atoms with Gasteiger partial charge in [0.2, 0.25) is 5.91 Å². The van der Waals surface area contributed by atoms with E-state index < -0.39 is 0 Å². The predicted molar refractivity (Wildman–Crippen MR) is 74.2 cm³/mol. The van der Waals surface area contributed by atoms with Gasteiger partial charge in [-0.2, -0.15) is 0 Å². The van der Waals surface area contributed by atoms with Crippen molar-refractivity contribution < 1.29 is 4.79 Å². The zero-order chi connectivity index (χ0) is 13.0. The Morgan fingerprint density at radius 1 is 1.44 bits per heavy atom. The lowest BCUT2D eigenvalue weighted by molar-refractivity contribution is -0.131. The molecule has 3 heteroatoms. The molecule has 18 heavy (non-hydrogen) atoms. The molecule has 0 unspecified atom stereocenters. The minimum absolute atomic E-state index is 0.293. The van der Waals surface area contributed by atoms with Gasteiger partial charge in [-0.25, -0.2) is 0 Å². The summed E-state index contributed by atoms with van der Waals surface area (Å²) in [5, 5.41) is 0. The van der Waals surface area contributed by atoms with E-state index in [4.69, 9.17) is 5.73 Å². The molecule has 1 saturated carbocycles. The van der Waals surface area contributed by atoms with Crippen LogP contribution in [0.25, 0.3) is 0 Å². The van der Waals surface area contributed by atoms with E-state index in [1.165, 1.54) is 12.8 Å². The summed E-state index contributed by atoms with van der Waals surface area (Å²) in [6.45, 7) is 3.03. The summed E-state index contributed by atoms with van der Waals surface area (Å²) < 4.78 is 0. The van der Waals surface area contributed by atoms with Gasteiger partial charge in [-0.1, -0.05) is 19.1 Å². The van der Waals surface area contributed by atoms with Crippen LogP contribution in [0.3, 0.4) is 0 Å². The Bertz CT molecular complexity index is 413. The molecule has 0 bridgehead atoms. The lowest BCUT2D eigenvalue weighted by atomic mass is 10.1. The summed E-state index contributed by atoms with van der Waals surface area (Å²) in [5.41, 5.74) is 7.65. The molecule has 1 aromatic carbocycles. The second kappa shape index (κ2) is 5.89. The lowest BCUT2D eigenvalue weighted by Crippen LogP contribution is -2.33. The fraction of sp³-hybridized carbons (Fsp3) is 0.533. The van der Waals surface area contributed by atoms with Crippen LogP contribution < -0.4 is 5.73 Å². The van der Waals surface area contributed by atoms with Crippen LogP contribution in [0.5, 0.6) is 0 Å². The van der Waals surface area contributed by atoms with Crippen molar-refractivity contribution in [3.8, 4) is 0 Å². The number of benzene rings is 1. The number of nitrogen functional groups attached to an aromatic ring is 1. The molecule has 98 valence electrons. The van der Waals surface area contributed by atoms with Crippen molar-refractivity contribution in [1.29, 1.82) is 0 Å².